The molecule has 1 fully saturated rings. The van der Waals surface area contributed by atoms with Crippen molar-refractivity contribution in [3.63, 3.8) is 0 Å². The molecule has 0 bridgehead atoms. The monoisotopic (exact) mass is 324 g/mol. The van der Waals surface area contributed by atoms with E-state index in [1.807, 2.05) is 38.2 Å². The number of amides is 2. The maximum Gasteiger partial charge on any atom is 0.272 e. The minimum Gasteiger partial charge on any atom is -0.348 e. The first-order valence-electron chi connectivity index (χ1n) is 8.24. The average molecular weight is 324 g/mol. The van der Waals surface area contributed by atoms with E-state index in [4.69, 9.17) is 0 Å². The van der Waals surface area contributed by atoms with Crippen molar-refractivity contribution in [1.29, 1.82) is 0 Å². The van der Waals surface area contributed by atoms with E-state index in [-0.39, 0.29) is 11.8 Å². The molecule has 0 atom stereocenters. The molecule has 6 nitrogen and oxygen atoms in total. The summed E-state index contributed by atoms with van der Waals surface area (Å²) in [4.78, 5) is 26.9. The van der Waals surface area contributed by atoms with Crippen LogP contribution in [-0.4, -0.2) is 32.5 Å². The number of nitrogens with zero attached hydrogens (tertiary/aromatic N) is 3. The highest BCUT2D eigenvalue weighted by Gasteiger charge is 2.34. The summed E-state index contributed by atoms with van der Waals surface area (Å²) in [7, 11) is 1.83. The number of benzene rings is 1. The second kappa shape index (κ2) is 5.47. The van der Waals surface area contributed by atoms with E-state index in [0.29, 0.717) is 30.4 Å². The molecule has 4 rings (SSSR count). The van der Waals surface area contributed by atoms with Gasteiger partial charge in [-0.1, -0.05) is 17.7 Å². The highest BCUT2D eigenvalue weighted by atomic mass is 16.2. The molecule has 24 heavy (non-hydrogen) atoms. The van der Waals surface area contributed by atoms with Crippen LogP contribution in [0.2, 0.25) is 0 Å². The summed E-state index contributed by atoms with van der Waals surface area (Å²) in [6, 6.07) is 7.88. The zero-order valence-corrected chi connectivity index (χ0v) is 13.9. The molecule has 0 spiro atoms. The molecule has 124 valence electrons. The Balaban J connectivity index is 1.57. The van der Waals surface area contributed by atoms with Crippen LogP contribution in [0.25, 0.3) is 0 Å². The number of aryl methyl sites for hydroxylation is 2. The summed E-state index contributed by atoms with van der Waals surface area (Å²) in [5.74, 6) is -0.136. The molecular weight excluding hydrogens is 304 g/mol. The summed E-state index contributed by atoms with van der Waals surface area (Å²) in [5.41, 5.74) is 4.01. The van der Waals surface area contributed by atoms with Crippen LogP contribution in [0.4, 0.5) is 0 Å². The highest BCUT2D eigenvalue weighted by molar-refractivity contribution is 5.97. The summed E-state index contributed by atoms with van der Waals surface area (Å²) in [6.45, 7) is 2.89. The maximum absolute atomic E-state index is 12.7. The van der Waals surface area contributed by atoms with Gasteiger partial charge in [-0.15, -0.1) is 0 Å². The predicted molar refractivity (Wildman–Crippen MR) is 88.5 cm³/mol. The zero-order chi connectivity index (χ0) is 16.8. The summed E-state index contributed by atoms with van der Waals surface area (Å²) < 4.78 is 1.72. The van der Waals surface area contributed by atoms with Crippen LogP contribution in [-0.2, 0) is 20.1 Å². The predicted octanol–water partition coefficient (Wildman–Crippen LogP) is 1.78. The number of hydrogen-bond acceptors (Lipinski definition) is 3. The fourth-order valence-corrected chi connectivity index (χ4v) is 3.16. The van der Waals surface area contributed by atoms with Crippen molar-refractivity contribution in [3.8, 4) is 0 Å². The molecule has 2 amide bonds. The van der Waals surface area contributed by atoms with Crippen LogP contribution in [0.15, 0.2) is 24.3 Å². The van der Waals surface area contributed by atoms with E-state index in [0.717, 1.165) is 29.7 Å². The van der Waals surface area contributed by atoms with Crippen molar-refractivity contribution in [3.05, 3.63) is 52.3 Å². The first-order valence-corrected chi connectivity index (χ1v) is 8.24. The van der Waals surface area contributed by atoms with Crippen LogP contribution in [0.5, 0.6) is 0 Å². The molecule has 1 aromatic heterocycles. The maximum atomic E-state index is 12.7. The minimum absolute atomic E-state index is 0.0107. The van der Waals surface area contributed by atoms with Crippen molar-refractivity contribution in [2.24, 2.45) is 7.05 Å². The zero-order valence-electron chi connectivity index (χ0n) is 13.9. The van der Waals surface area contributed by atoms with E-state index < -0.39 is 0 Å². The van der Waals surface area contributed by atoms with E-state index in [1.54, 1.807) is 9.58 Å². The lowest BCUT2D eigenvalue weighted by molar-refractivity contribution is 0.0745. The van der Waals surface area contributed by atoms with Crippen molar-refractivity contribution < 1.29 is 9.59 Å². The van der Waals surface area contributed by atoms with Gasteiger partial charge in [-0.05, 0) is 31.9 Å². The molecule has 1 saturated carbocycles. The molecule has 0 saturated heterocycles. The van der Waals surface area contributed by atoms with Crippen molar-refractivity contribution in [2.45, 2.75) is 38.9 Å². The second-order valence-electron chi connectivity index (χ2n) is 6.68. The van der Waals surface area contributed by atoms with E-state index in [2.05, 4.69) is 10.4 Å². The second-order valence-corrected chi connectivity index (χ2v) is 6.68. The van der Waals surface area contributed by atoms with Gasteiger partial charge in [-0.3, -0.25) is 14.3 Å². The normalized spacial score (nSPS) is 16.2. The number of nitrogens with one attached hydrogen (secondary N) is 1. The van der Waals surface area contributed by atoms with Gasteiger partial charge in [0.2, 0.25) is 0 Å². The molecule has 2 aromatic rings. The van der Waals surface area contributed by atoms with Crippen LogP contribution < -0.4 is 5.32 Å². The number of fused-ring (bicyclic) bond motifs is 1. The first kappa shape index (κ1) is 14.9. The fourth-order valence-electron chi connectivity index (χ4n) is 3.16. The van der Waals surface area contributed by atoms with E-state index in [1.165, 1.54) is 0 Å². The van der Waals surface area contributed by atoms with Crippen molar-refractivity contribution >= 4 is 11.8 Å². The SMILES string of the molecule is Cc1cccc(C(=O)N2Cc3c(C(=O)NC4CC4)nn(C)c3C2)c1. The molecule has 2 heterocycles. The standard InChI is InChI=1S/C18H20N4O2/c1-11-4-3-5-12(8-11)18(24)22-9-14-15(10-22)21(2)20-16(14)17(23)19-13-6-7-13/h3-5,8,13H,6-7,9-10H2,1-2H3,(H,19,23). The Morgan fingerprint density at radius 1 is 1.25 bits per heavy atom. The molecule has 1 N–H and O–H groups in total. The van der Waals surface area contributed by atoms with Crippen LogP contribution in [0, 0.1) is 6.92 Å². The molecule has 2 aliphatic rings. The molecule has 1 aliphatic carbocycles. The number of carbonyl (C=O) groups is 2. The molecule has 6 heteroatoms. The Morgan fingerprint density at radius 2 is 2.04 bits per heavy atom. The first-order chi connectivity index (χ1) is 11.5. The third-order valence-electron chi connectivity index (χ3n) is 4.64. The van der Waals surface area contributed by atoms with Gasteiger partial charge in [0.25, 0.3) is 11.8 Å². The lowest BCUT2D eigenvalue weighted by Gasteiger charge is -2.16. The average Bonchev–Trinajstić information content (AvgIpc) is 3.17. The van der Waals surface area contributed by atoms with Gasteiger partial charge in [0.15, 0.2) is 5.69 Å². The Hall–Kier alpha value is -2.63. The van der Waals surface area contributed by atoms with E-state index >= 15 is 0 Å². The lowest BCUT2D eigenvalue weighted by atomic mass is 10.1. The van der Waals surface area contributed by atoms with Gasteiger partial charge in [-0.25, -0.2) is 0 Å². The third kappa shape index (κ3) is 2.58. The highest BCUT2D eigenvalue weighted by Crippen LogP contribution is 2.28. The summed E-state index contributed by atoms with van der Waals surface area (Å²) in [6.07, 6.45) is 2.08. The van der Waals surface area contributed by atoms with Gasteiger partial charge in [0.05, 0.1) is 18.8 Å². The molecule has 0 unspecified atom stereocenters. The van der Waals surface area contributed by atoms with E-state index in [9.17, 15) is 9.59 Å². The molecular formula is C18H20N4O2. The molecule has 0 radical (unpaired) electrons. The number of rotatable bonds is 3. The lowest BCUT2D eigenvalue weighted by Crippen LogP contribution is -2.29. The summed E-state index contributed by atoms with van der Waals surface area (Å²) >= 11 is 0. The van der Waals surface area contributed by atoms with Crippen molar-refractivity contribution in [1.82, 2.24) is 20.0 Å². The smallest absolute Gasteiger partial charge is 0.272 e. The van der Waals surface area contributed by atoms with Crippen LogP contribution >= 0.6 is 0 Å². The van der Waals surface area contributed by atoms with Gasteiger partial charge < -0.3 is 10.2 Å². The van der Waals surface area contributed by atoms with Gasteiger partial charge in [0, 0.05) is 24.2 Å². The van der Waals surface area contributed by atoms with Crippen LogP contribution in [0.3, 0.4) is 0 Å². The quantitative estimate of drug-likeness (QED) is 0.936. The molecule has 1 aliphatic heterocycles. The van der Waals surface area contributed by atoms with Crippen molar-refractivity contribution in [2.75, 3.05) is 0 Å². The Bertz CT molecular complexity index is 836. The Kier molecular flexibility index (Phi) is 3.40. The largest absolute Gasteiger partial charge is 0.348 e. The fraction of sp³-hybridized carbons (Fsp3) is 0.389. The Morgan fingerprint density at radius 3 is 2.75 bits per heavy atom. The minimum atomic E-state index is -0.126. The third-order valence-corrected chi connectivity index (χ3v) is 4.64. The van der Waals surface area contributed by atoms with Gasteiger partial charge in [0.1, 0.15) is 0 Å². The number of carbonyl (C=O) groups excluding carboxylic acids is 2. The number of aromatic nitrogens is 2. The topological polar surface area (TPSA) is 67.2 Å². The van der Waals surface area contributed by atoms with Gasteiger partial charge >= 0.3 is 0 Å². The Labute approximate surface area is 140 Å². The number of hydrogen-bond donors (Lipinski definition) is 1. The van der Waals surface area contributed by atoms with Gasteiger partial charge in [-0.2, -0.15) is 5.10 Å². The molecule has 1 aromatic carbocycles. The summed E-state index contributed by atoms with van der Waals surface area (Å²) in [5, 5.41) is 7.34. The van der Waals surface area contributed by atoms with Crippen LogP contribution in [0.1, 0.15) is 50.5 Å².